The molecule has 0 radical (unpaired) electrons. The van der Waals surface area contributed by atoms with E-state index in [1.807, 2.05) is 25.1 Å². The number of nitriles is 1. The van der Waals surface area contributed by atoms with E-state index in [0.717, 1.165) is 6.42 Å². The number of ether oxygens (including phenoxy) is 1. The molecule has 19 heavy (non-hydrogen) atoms. The number of halogens is 1. The molecule has 98 valence electrons. The first-order valence-electron chi connectivity index (χ1n) is 5.96. The van der Waals surface area contributed by atoms with Gasteiger partial charge in [0.15, 0.2) is 5.69 Å². The topological polar surface area (TPSA) is 63.7 Å². The SMILES string of the molecule is CCCn1nnc(C#N)c1COc1ccccc1Cl. The van der Waals surface area contributed by atoms with Crippen molar-refractivity contribution in [3.05, 3.63) is 40.7 Å². The van der Waals surface area contributed by atoms with Gasteiger partial charge in [0.2, 0.25) is 0 Å². The molecule has 0 aliphatic rings. The molecule has 1 aromatic heterocycles. The van der Waals surface area contributed by atoms with E-state index in [9.17, 15) is 0 Å². The van der Waals surface area contributed by atoms with E-state index in [1.165, 1.54) is 0 Å². The molecular formula is C13H13ClN4O. The highest BCUT2D eigenvalue weighted by atomic mass is 35.5. The van der Waals surface area contributed by atoms with Gasteiger partial charge in [-0.05, 0) is 18.6 Å². The smallest absolute Gasteiger partial charge is 0.189 e. The molecule has 0 amide bonds. The summed E-state index contributed by atoms with van der Waals surface area (Å²) in [6, 6.07) is 9.23. The molecule has 1 heterocycles. The third-order valence-electron chi connectivity index (χ3n) is 2.58. The van der Waals surface area contributed by atoms with Crippen molar-refractivity contribution >= 4 is 11.6 Å². The first-order valence-corrected chi connectivity index (χ1v) is 6.33. The van der Waals surface area contributed by atoms with Crippen molar-refractivity contribution in [2.24, 2.45) is 0 Å². The van der Waals surface area contributed by atoms with Gasteiger partial charge in [-0.1, -0.05) is 35.9 Å². The van der Waals surface area contributed by atoms with Crippen molar-refractivity contribution in [3.63, 3.8) is 0 Å². The van der Waals surface area contributed by atoms with E-state index < -0.39 is 0 Å². The van der Waals surface area contributed by atoms with Gasteiger partial charge in [-0.2, -0.15) is 5.26 Å². The molecule has 0 atom stereocenters. The van der Waals surface area contributed by atoms with Crippen molar-refractivity contribution in [3.8, 4) is 11.8 Å². The molecule has 5 nitrogen and oxygen atoms in total. The lowest BCUT2D eigenvalue weighted by molar-refractivity contribution is 0.291. The molecule has 0 saturated heterocycles. The Morgan fingerprint density at radius 3 is 2.89 bits per heavy atom. The third-order valence-corrected chi connectivity index (χ3v) is 2.89. The number of hydrogen-bond acceptors (Lipinski definition) is 4. The van der Waals surface area contributed by atoms with Crippen LogP contribution in [0.1, 0.15) is 24.7 Å². The van der Waals surface area contributed by atoms with Gasteiger partial charge in [0.25, 0.3) is 0 Å². The minimum atomic E-state index is 0.222. The zero-order valence-corrected chi connectivity index (χ0v) is 11.3. The normalized spacial score (nSPS) is 10.2. The largest absolute Gasteiger partial charge is 0.486 e. The predicted molar refractivity (Wildman–Crippen MR) is 70.8 cm³/mol. The fourth-order valence-corrected chi connectivity index (χ4v) is 1.85. The molecule has 2 rings (SSSR count). The number of rotatable bonds is 5. The van der Waals surface area contributed by atoms with Crippen LogP contribution in [0.25, 0.3) is 0 Å². The lowest BCUT2D eigenvalue weighted by Crippen LogP contribution is -2.08. The van der Waals surface area contributed by atoms with Crippen molar-refractivity contribution in [2.45, 2.75) is 26.5 Å². The molecule has 0 saturated carbocycles. The van der Waals surface area contributed by atoms with Crippen LogP contribution in [0.15, 0.2) is 24.3 Å². The van der Waals surface area contributed by atoms with Gasteiger partial charge in [-0.15, -0.1) is 5.10 Å². The first-order chi connectivity index (χ1) is 9.26. The summed E-state index contributed by atoms with van der Waals surface area (Å²) in [7, 11) is 0. The zero-order chi connectivity index (χ0) is 13.7. The van der Waals surface area contributed by atoms with Gasteiger partial charge in [0.05, 0.1) is 5.02 Å². The fraction of sp³-hybridized carbons (Fsp3) is 0.308. The monoisotopic (exact) mass is 276 g/mol. The summed E-state index contributed by atoms with van der Waals surface area (Å²) in [5.41, 5.74) is 0.963. The Hall–Kier alpha value is -2.06. The number of aryl methyl sites for hydroxylation is 1. The van der Waals surface area contributed by atoms with Crippen LogP contribution < -0.4 is 4.74 Å². The maximum atomic E-state index is 9.00. The summed E-state index contributed by atoms with van der Waals surface area (Å²) in [5, 5.41) is 17.3. The molecule has 0 aliphatic carbocycles. The Bertz CT molecular complexity index is 603. The fourth-order valence-electron chi connectivity index (χ4n) is 1.66. The highest BCUT2D eigenvalue weighted by Gasteiger charge is 2.13. The average Bonchev–Trinajstić information content (AvgIpc) is 2.80. The minimum absolute atomic E-state index is 0.222. The van der Waals surface area contributed by atoms with E-state index in [0.29, 0.717) is 28.7 Å². The quantitative estimate of drug-likeness (QED) is 0.842. The van der Waals surface area contributed by atoms with Crippen LogP contribution in [0.2, 0.25) is 5.02 Å². The van der Waals surface area contributed by atoms with Gasteiger partial charge in [-0.25, -0.2) is 4.68 Å². The zero-order valence-electron chi connectivity index (χ0n) is 10.5. The van der Waals surface area contributed by atoms with Crippen LogP contribution in [0, 0.1) is 11.3 Å². The summed E-state index contributed by atoms with van der Waals surface area (Å²) in [4.78, 5) is 0. The summed E-state index contributed by atoms with van der Waals surface area (Å²) >= 11 is 6.01. The first kappa shape index (κ1) is 13.4. The van der Waals surface area contributed by atoms with Gasteiger partial charge in [-0.3, -0.25) is 0 Å². The predicted octanol–water partition coefficient (Wildman–Crippen LogP) is 2.79. The Morgan fingerprint density at radius 1 is 1.42 bits per heavy atom. The number of para-hydroxylation sites is 1. The van der Waals surface area contributed by atoms with E-state index in [-0.39, 0.29) is 6.61 Å². The van der Waals surface area contributed by atoms with Crippen molar-refractivity contribution < 1.29 is 4.74 Å². The maximum absolute atomic E-state index is 9.00. The van der Waals surface area contributed by atoms with Crippen LogP contribution in [0.5, 0.6) is 5.75 Å². The van der Waals surface area contributed by atoms with Crippen molar-refractivity contribution in [1.82, 2.24) is 15.0 Å². The Labute approximate surface area is 116 Å². The number of benzene rings is 1. The summed E-state index contributed by atoms with van der Waals surface area (Å²) in [5.74, 6) is 0.581. The second-order valence-corrected chi connectivity index (χ2v) is 4.35. The molecule has 0 bridgehead atoms. The van der Waals surface area contributed by atoms with Crippen LogP contribution in [0.4, 0.5) is 0 Å². The molecule has 0 unspecified atom stereocenters. The number of aromatic nitrogens is 3. The highest BCUT2D eigenvalue weighted by Crippen LogP contribution is 2.24. The summed E-state index contributed by atoms with van der Waals surface area (Å²) < 4.78 is 7.32. The van der Waals surface area contributed by atoms with E-state index in [4.69, 9.17) is 21.6 Å². The molecule has 0 fully saturated rings. The van der Waals surface area contributed by atoms with Gasteiger partial charge in [0.1, 0.15) is 24.1 Å². The van der Waals surface area contributed by atoms with Crippen LogP contribution >= 0.6 is 11.6 Å². The molecule has 0 aliphatic heterocycles. The molecule has 1 aromatic carbocycles. The molecule has 2 aromatic rings. The van der Waals surface area contributed by atoms with Gasteiger partial charge < -0.3 is 4.74 Å². The minimum Gasteiger partial charge on any atom is -0.486 e. The maximum Gasteiger partial charge on any atom is 0.189 e. The van der Waals surface area contributed by atoms with Gasteiger partial charge >= 0.3 is 0 Å². The summed E-state index contributed by atoms with van der Waals surface area (Å²) in [6.07, 6.45) is 0.910. The van der Waals surface area contributed by atoms with E-state index in [2.05, 4.69) is 10.3 Å². The van der Waals surface area contributed by atoms with E-state index in [1.54, 1.807) is 16.8 Å². The Balaban J connectivity index is 2.17. The standard InChI is InChI=1S/C13H13ClN4O/c1-2-7-18-12(11(8-15)16-17-18)9-19-13-6-4-3-5-10(13)14/h3-6H,2,7,9H2,1H3. The molecular weight excluding hydrogens is 264 g/mol. The Morgan fingerprint density at radius 2 is 2.21 bits per heavy atom. The average molecular weight is 277 g/mol. The van der Waals surface area contributed by atoms with Crippen LogP contribution in [-0.4, -0.2) is 15.0 Å². The lowest BCUT2D eigenvalue weighted by Gasteiger charge is -2.09. The van der Waals surface area contributed by atoms with Crippen LogP contribution in [-0.2, 0) is 13.2 Å². The van der Waals surface area contributed by atoms with E-state index >= 15 is 0 Å². The highest BCUT2D eigenvalue weighted by molar-refractivity contribution is 6.32. The third kappa shape index (κ3) is 3.04. The molecule has 0 N–H and O–H groups in total. The number of nitrogens with zero attached hydrogens (tertiary/aromatic N) is 4. The van der Waals surface area contributed by atoms with Gasteiger partial charge in [0, 0.05) is 6.54 Å². The van der Waals surface area contributed by atoms with Crippen molar-refractivity contribution in [2.75, 3.05) is 0 Å². The molecule has 6 heteroatoms. The second-order valence-electron chi connectivity index (χ2n) is 3.94. The second kappa shape index (κ2) is 6.21. The molecule has 0 spiro atoms. The van der Waals surface area contributed by atoms with Crippen LogP contribution in [0.3, 0.4) is 0 Å². The Kier molecular flexibility index (Phi) is 4.37. The number of hydrogen-bond donors (Lipinski definition) is 0. The lowest BCUT2D eigenvalue weighted by atomic mass is 10.3. The summed E-state index contributed by atoms with van der Waals surface area (Å²) in [6.45, 7) is 2.96. The van der Waals surface area contributed by atoms with Crippen molar-refractivity contribution in [1.29, 1.82) is 5.26 Å².